The summed E-state index contributed by atoms with van der Waals surface area (Å²) in [6.07, 6.45) is -4.47. The van der Waals surface area contributed by atoms with Gasteiger partial charge in [-0.05, 0) is 31.2 Å². The quantitative estimate of drug-likeness (QED) is 0.893. The second kappa shape index (κ2) is 7.98. The normalized spacial score (nSPS) is 17.0. The average molecular weight is 343 g/mol. The SMILES string of the molecule is CCNC(=O)c1ccc(CN2CCN(CC)CC2)c(C(F)(F)F)c1. The molecule has 0 aliphatic carbocycles. The number of nitrogens with one attached hydrogen (secondary N) is 1. The molecule has 1 saturated heterocycles. The number of carbonyl (C=O) groups excluding carboxylic acids is 1. The standard InChI is InChI=1S/C17H24F3N3O/c1-3-21-16(24)13-5-6-14(15(11-13)17(18,19)20)12-23-9-7-22(4-2)8-10-23/h5-6,11H,3-4,7-10,12H2,1-2H3,(H,21,24). The van der Waals surface area contributed by atoms with Crippen LogP contribution >= 0.6 is 0 Å². The van der Waals surface area contributed by atoms with Crippen molar-refractivity contribution in [3.8, 4) is 0 Å². The molecule has 1 heterocycles. The third-order valence-corrected chi connectivity index (χ3v) is 4.32. The molecule has 0 aromatic heterocycles. The second-order valence-corrected chi connectivity index (χ2v) is 5.94. The Morgan fingerprint density at radius 3 is 2.29 bits per heavy atom. The number of likely N-dealkylation sites (N-methyl/N-ethyl adjacent to an activating group) is 1. The van der Waals surface area contributed by atoms with Gasteiger partial charge in [0.05, 0.1) is 5.56 Å². The minimum Gasteiger partial charge on any atom is -0.352 e. The molecule has 0 radical (unpaired) electrons. The number of hydrogen-bond donors (Lipinski definition) is 1. The molecule has 7 heteroatoms. The molecule has 0 unspecified atom stereocenters. The lowest BCUT2D eigenvalue weighted by Gasteiger charge is -2.34. The van der Waals surface area contributed by atoms with E-state index in [1.165, 1.54) is 12.1 Å². The van der Waals surface area contributed by atoms with Gasteiger partial charge < -0.3 is 10.2 Å². The Morgan fingerprint density at radius 1 is 1.12 bits per heavy atom. The van der Waals surface area contributed by atoms with Crippen LogP contribution in [0.15, 0.2) is 18.2 Å². The molecule has 4 nitrogen and oxygen atoms in total. The fourth-order valence-corrected chi connectivity index (χ4v) is 2.89. The summed E-state index contributed by atoms with van der Waals surface area (Å²) < 4.78 is 40.2. The van der Waals surface area contributed by atoms with E-state index >= 15 is 0 Å². The lowest BCUT2D eigenvalue weighted by Crippen LogP contribution is -2.45. The van der Waals surface area contributed by atoms with E-state index in [2.05, 4.69) is 17.1 Å². The molecular formula is C17H24F3N3O. The molecule has 1 aromatic rings. The van der Waals surface area contributed by atoms with Crippen molar-refractivity contribution < 1.29 is 18.0 Å². The summed E-state index contributed by atoms with van der Waals surface area (Å²) in [7, 11) is 0. The van der Waals surface area contributed by atoms with Crippen LogP contribution in [0.1, 0.15) is 35.3 Å². The summed E-state index contributed by atoms with van der Waals surface area (Å²) in [5.74, 6) is -0.480. The first kappa shape index (κ1) is 18.7. The third-order valence-electron chi connectivity index (χ3n) is 4.32. The predicted octanol–water partition coefficient (Wildman–Crippen LogP) is 2.59. The number of benzene rings is 1. The van der Waals surface area contributed by atoms with Gasteiger partial charge in [-0.2, -0.15) is 13.2 Å². The highest BCUT2D eigenvalue weighted by atomic mass is 19.4. The Hall–Kier alpha value is -1.60. The van der Waals surface area contributed by atoms with Crippen molar-refractivity contribution in [2.75, 3.05) is 39.3 Å². The summed E-state index contributed by atoms with van der Waals surface area (Å²) in [6.45, 7) is 8.65. The fourth-order valence-electron chi connectivity index (χ4n) is 2.89. The minimum absolute atomic E-state index is 0.0451. The summed E-state index contributed by atoms with van der Waals surface area (Å²) >= 11 is 0. The van der Waals surface area contributed by atoms with Crippen LogP contribution < -0.4 is 5.32 Å². The molecule has 0 atom stereocenters. The van der Waals surface area contributed by atoms with Crippen LogP contribution in [0.5, 0.6) is 0 Å². The predicted molar refractivity (Wildman–Crippen MR) is 86.8 cm³/mol. The van der Waals surface area contributed by atoms with E-state index < -0.39 is 17.6 Å². The average Bonchev–Trinajstić information content (AvgIpc) is 2.55. The molecule has 2 rings (SSSR count). The van der Waals surface area contributed by atoms with Crippen molar-refractivity contribution in [3.05, 3.63) is 34.9 Å². The molecule has 0 saturated carbocycles. The van der Waals surface area contributed by atoms with Crippen LogP contribution in [0.4, 0.5) is 13.2 Å². The molecule has 1 aliphatic rings. The lowest BCUT2D eigenvalue weighted by atomic mass is 10.0. The van der Waals surface area contributed by atoms with Crippen molar-refractivity contribution in [2.45, 2.75) is 26.6 Å². The molecule has 0 bridgehead atoms. The van der Waals surface area contributed by atoms with Crippen molar-refractivity contribution in [2.24, 2.45) is 0 Å². The highest BCUT2D eigenvalue weighted by Crippen LogP contribution is 2.33. The molecule has 1 amide bonds. The van der Waals surface area contributed by atoms with Crippen LogP contribution in [-0.2, 0) is 12.7 Å². The van der Waals surface area contributed by atoms with Crippen LogP contribution in [0, 0.1) is 0 Å². The first-order valence-corrected chi connectivity index (χ1v) is 8.28. The molecule has 0 spiro atoms. The highest BCUT2D eigenvalue weighted by molar-refractivity contribution is 5.94. The zero-order chi connectivity index (χ0) is 17.7. The van der Waals surface area contributed by atoms with Crippen molar-refractivity contribution in [3.63, 3.8) is 0 Å². The Labute approximate surface area is 140 Å². The summed E-state index contributed by atoms with van der Waals surface area (Å²) in [6, 6.07) is 3.86. The van der Waals surface area contributed by atoms with Crippen LogP contribution in [-0.4, -0.2) is 55.0 Å². The Kier molecular flexibility index (Phi) is 6.23. The van der Waals surface area contributed by atoms with E-state index in [9.17, 15) is 18.0 Å². The van der Waals surface area contributed by atoms with Gasteiger partial charge in [-0.15, -0.1) is 0 Å². The zero-order valence-corrected chi connectivity index (χ0v) is 14.1. The van der Waals surface area contributed by atoms with Crippen LogP contribution in [0.3, 0.4) is 0 Å². The maximum absolute atomic E-state index is 13.4. The molecule has 24 heavy (non-hydrogen) atoms. The van der Waals surface area contributed by atoms with Gasteiger partial charge >= 0.3 is 6.18 Å². The van der Waals surface area contributed by atoms with E-state index in [-0.39, 0.29) is 17.7 Å². The highest BCUT2D eigenvalue weighted by Gasteiger charge is 2.34. The second-order valence-electron chi connectivity index (χ2n) is 5.94. The summed E-state index contributed by atoms with van der Waals surface area (Å²) in [5.41, 5.74) is -0.451. The van der Waals surface area contributed by atoms with Gasteiger partial charge in [0.15, 0.2) is 0 Å². The fraction of sp³-hybridized carbons (Fsp3) is 0.588. The van der Waals surface area contributed by atoms with E-state index in [4.69, 9.17) is 0 Å². The van der Waals surface area contributed by atoms with Gasteiger partial charge in [-0.25, -0.2) is 0 Å². The van der Waals surface area contributed by atoms with Crippen molar-refractivity contribution in [1.29, 1.82) is 0 Å². The number of piperazine rings is 1. The van der Waals surface area contributed by atoms with E-state index in [1.807, 2.05) is 4.90 Å². The van der Waals surface area contributed by atoms with Gasteiger partial charge in [-0.3, -0.25) is 9.69 Å². The van der Waals surface area contributed by atoms with Crippen molar-refractivity contribution >= 4 is 5.91 Å². The topological polar surface area (TPSA) is 35.6 Å². The lowest BCUT2D eigenvalue weighted by molar-refractivity contribution is -0.138. The summed E-state index contributed by atoms with van der Waals surface area (Å²) in [4.78, 5) is 16.1. The molecule has 1 N–H and O–H groups in total. The van der Waals surface area contributed by atoms with E-state index in [0.29, 0.717) is 6.54 Å². The van der Waals surface area contributed by atoms with E-state index in [0.717, 1.165) is 38.8 Å². The summed E-state index contributed by atoms with van der Waals surface area (Å²) in [5, 5.41) is 2.53. The zero-order valence-electron chi connectivity index (χ0n) is 14.1. The van der Waals surface area contributed by atoms with Gasteiger partial charge in [0.25, 0.3) is 5.91 Å². The molecule has 134 valence electrons. The smallest absolute Gasteiger partial charge is 0.352 e. The maximum atomic E-state index is 13.4. The number of rotatable bonds is 5. The first-order chi connectivity index (χ1) is 11.3. The Balaban J connectivity index is 2.18. The molecular weight excluding hydrogens is 319 g/mol. The number of carbonyl (C=O) groups is 1. The molecule has 1 aromatic carbocycles. The maximum Gasteiger partial charge on any atom is 0.416 e. The number of amides is 1. The Bertz CT molecular complexity index is 567. The number of halogens is 3. The molecule has 1 aliphatic heterocycles. The number of nitrogens with zero attached hydrogens (tertiary/aromatic N) is 2. The number of alkyl halides is 3. The van der Waals surface area contributed by atoms with Gasteiger partial charge in [0.2, 0.25) is 0 Å². The van der Waals surface area contributed by atoms with Crippen molar-refractivity contribution in [1.82, 2.24) is 15.1 Å². The van der Waals surface area contributed by atoms with Gasteiger partial charge in [-0.1, -0.05) is 13.0 Å². The van der Waals surface area contributed by atoms with E-state index in [1.54, 1.807) is 6.92 Å². The monoisotopic (exact) mass is 343 g/mol. The third kappa shape index (κ3) is 4.70. The molecule has 1 fully saturated rings. The van der Waals surface area contributed by atoms with Gasteiger partial charge in [0.1, 0.15) is 0 Å². The first-order valence-electron chi connectivity index (χ1n) is 8.28. The van der Waals surface area contributed by atoms with Crippen LogP contribution in [0.25, 0.3) is 0 Å². The van der Waals surface area contributed by atoms with Gasteiger partial charge in [0, 0.05) is 44.8 Å². The van der Waals surface area contributed by atoms with Crippen LogP contribution in [0.2, 0.25) is 0 Å². The number of hydrogen-bond acceptors (Lipinski definition) is 3. The minimum atomic E-state index is -4.47. The largest absolute Gasteiger partial charge is 0.416 e. The Morgan fingerprint density at radius 2 is 1.75 bits per heavy atom.